The number of nitrogens with one attached hydrogen (secondary N) is 2. The summed E-state index contributed by atoms with van der Waals surface area (Å²) in [6, 6.07) is -0.955. The summed E-state index contributed by atoms with van der Waals surface area (Å²) in [7, 11) is 0. The molecule has 1 rings (SSSR count). The van der Waals surface area contributed by atoms with Crippen LogP contribution in [0.4, 0.5) is 0 Å². The van der Waals surface area contributed by atoms with E-state index in [1.54, 1.807) is 6.20 Å². The first-order valence-corrected chi connectivity index (χ1v) is 4.66. The van der Waals surface area contributed by atoms with Gasteiger partial charge in [0.2, 0.25) is 0 Å². The zero-order chi connectivity index (χ0) is 11.4. The van der Waals surface area contributed by atoms with E-state index in [0.29, 0.717) is 11.5 Å². The standard InChI is InChI=1S/C8H11N4O2S/c9-5(8(13)14)1-4-3-11-7(12-4)2-6(10)15/h3,5,10H,1-2,9H2,(H,11,12)(H,13,14). The topological polar surface area (TPSA) is 116 Å². The first-order valence-electron chi connectivity index (χ1n) is 4.25. The number of aromatic amines is 1. The Labute approximate surface area is 91.7 Å². The summed E-state index contributed by atoms with van der Waals surface area (Å²) in [6.45, 7) is 0. The average molecular weight is 227 g/mol. The largest absolute Gasteiger partial charge is 0.480 e. The van der Waals surface area contributed by atoms with Crippen molar-refractivity contribution in [3.8, 4) is 0 Å². The molecule has 0 aliphatic carbocycles. The van der Waals surface area contributed by atoms with Gasteiger partial charge < -0.3 is 15.8 Å². The molecule has 0 fully saturated rings. The molecule has 0 aliphatic heterocycles. The zero-order valence-electron chi connectivity index (χ0n) is 7.86. The molecule has 81 valence electrons. The van der Waals surface area contributed by atoms with E-state index in [9.17, 15) is 4.79 Å². The van der Waals surface area contributed by atoms with Gasteiger partial charge in [0, 0.05) is 12.6 Å². The molecule has 6 nitrogen and oxygen atoms in total. The third kappa shape index (κ3) is 3.64. The van der Waals surface area contributed by atoms with Crippen molar-refractivity contribution in [1.82, 2.24) is 15.7 Å². The van der Waals surface area contributed by atoms with E-state index in [-0.39, 0.29) is 17.8 Å². The molecule has 15 heavy (non-hydrogen) atoms. The van der Waals surface area contributed by atoms with Gasteiger partial charge in [-0.15, -0.1) is 0 Å². The average Bonchev–Trinajstić information content (AvgIpc) is 2.51. The fraction of sp³-hybridized carbons (Fsp3) is 0.375. The van der Waals surface area contributed by atoms with E-state index in [4.69, 9.17) is 16.6 Å². The lowest BCUT2D eigenvalue weighted by molar-refractivity contribution is -0.138. The van der Waals surface area contributed by atoms with Crippen LogP contribution in [0.2, 0.25) is 0 Å². The second kappa shape index (κ2) is 4.85. The fourth-order valence-corrected chi connectivity index (χ4v) is 1.20. The number of nitrogens with zero attached hydrogens (tertiary/aromatic N) is 1. The van der Waals surface area contributed by atoms with Crippen LogP contribution in [0, 0.1) is 0 Å². The van der Waals surface area contributed by atoms with Crippen molar-refractivity contribution in [3.05, 3.63) is 17.7 Å². The van der Waals surface area contributed by atoms with Crippen LogP contribution in [-0.2, 0) is 17.6 Å². The molecule has 0 amide bonds. The molecule has 0 saturated carbocycles. The van der Waals surface area contributed by atoms with Crippen LogP contribution >= 0.6 is 12.2 Å². The maximum atomic E-state index is 10.5. The minimum Gasteiger partial charge on any atom is -0.480 e. The third-order valence-electron chi connectivity index (χ3n) is 1.76. The van der Waals surface area contributed by atoms with Crippen molar-refractivity contribution in [2.24, 2.45) is 5.73 Å². The van der Waals surface area contributed by atoms with Gasteiger partial charge in [0.05, 0.1) is 12.1 Å². The molecule has 1 aromatic rings. The molecule has 1 unspecified atom stereocenters. The summed E-state index contributed by atoms with van der Waals surface area (Å²) in [6.07, 6.45) is 2.00. The Morgan fingerprint density at radius 3 is 3.00 bits per heavy atom. The van der Waals surface area contributed by atoms with Crippen molar-refractivity contribution in [2.75, 3.05) is 0 Å². The number of hydrogen-bond acceptors (Lipinski definition) is 4. The van der Waals surface area contributed by atoms with Crippen molar-refractivity contribution < 1.29 is 9.90 Å². The van der Waals surface area contributed by atoms with Crippen LogP contribution in [0.5, 0.6) is 0 Å². The summed E-state index contributed by atoms with van der Waals surface area (Å²) < 4.78 is 0. The van der Waals surface area contributed by atoms with Gasteiger partial charge >= 0.3 is 5.97 Å². The van der Waals surface area contributed by atoms with Gasteiger partial charge in [0.25, 0.3) is 0 Å². The number of aromatic nitrogens is 2. The van der Waals surface area contributed by atoms with Gasteiger partial charge in [-0.05, 0) is 0 Å². The summed E-state index contributed by atoms with van der Waals surface area (Å²) in [5.41, 5.74) is 13.0. The van der Waals surface area contributed by atoms with E-state index in [2.05, 4.69) is 22.2 Å². The first kappa shape index (κ1) is 11.6. The van der Waals surface area contributed by atoms with Crippen molar-refractivity contribution >= 4 is 23.2 Å². The molecular formula is C8H11N4O2S. The third-order valence-corrected chi connectivity index (χ3v) is 1.90. The van der Waals surface area contributed by atoms with Gasteiger partial charge in [-0.1, -0.05) is 12.2 Å². The molecule has 0 aromatic carbocycles. The smallest absolute Gasteiger partial charge is 0.320 e. The lowest BCUT2D eigenvalue weighted by Crippen LogP contribution is -2.32. The minimum absolute atomic E-state index is 0.0819. The summed E-state index contributed by atoms with van der Waals surface area (Å²) in [4.78, 5) is 17.4. The van der Waals surface area contributed by atoms with E-state index < -0.39 is 12.0 Å². The van der Waals surface area contributed by atoms with E-state index in [1.807, 2.05) is 0 Å². The SMILES string of the molecule is [NH]C(=S)Cc1nc(CC(N)C(=O)O)c[nH]1. The molecular weight excluding hydrogens is 216 g/mol. The second-order valence-corrected chi connectivity index (χ2v) is 3.58. The molecule has 1 aromatic heterocycles. The number of rotatable bonds is 5. The number of carbonyl (C=O) groups is 1. The van der Waals surface area contributed by atoms with Crippen molar-refractivity contribution in [2.45, 2.75) is 18.9 Å². The fourth-order valence-electron chi connectivity index (χ4n) is 1.06. The maximum absolute atomic E-state index is 10.5. The van der Waals surface area contributed by atoms with Crippen LogP contribution in [0.3, 0.4) is 0 Å². The molecule has 0 bridgehead atoms. The normalized spacial score (nSPS) is 12.3. The lowest BCUT2D eigenvalue weighted by Gasteiger charge is -2.01. The Balaban J connectivity index is 2.60. The van der Waals surface area contributed by atoms with Crippen molar-refractivity contribution in [3.63, 3.8) is 0 Å². The number of hydrogen-bond donors (Lipinski definition) is 3. The Morgan fingerprint density at radius 2 is 2.47 bits per heavy atom. The molecule has 1 atom stereocenters. The Hall–Kier alpha value is -1.47. The highest BCUT2D eigenvalue weighted by Crippen LogP contribution is 2.01. The second-order valence-electron chi connectivity index (χ2n) is 3.09. The molecule has 0 saturated heterocycles. The zero-order valence-corrected chi connectivity index (χ0v) is 8.67. The number of thiocarbonyl (C=S) groups is 1. The number of carboxylic acids is 1. The Morgan fingerprint density at radius 1 is 1.80 bits per heavy atom. The molecule has 0 spiro atoms. The Kier molecular flexibility index (Phi) is 3.75. The van der Waals surface area contributed by atoms with Crippen LogP contribution in [0.1, 0.15) is 11.5 Å². The van der Waals surface area contributed by atoms with E-state index in [0.717, 1.165) is 0 Å². The number of H-pyrrole nitrogens is 1. The van der Waals surface area contributed by atoms with Crippen LogP contribution in [0.25, 0.3) is 0 Å². The van der Waals surface area contributed by atoms with Gasteiger partial charge in [0.15, 0.2) is 0 Å². The van der Waals surface area contributed by atoms with E-state index >= 15 is 0 Å². The van der Waals surface area contributed by atoms with Gasteiger partial charge in [-0.25, -0.2) is 4.98 Å². The van der Waals surface area contributed by atoms with Crippen LogP contribution in [0.15, 0.2) is 6.20 Å². The lowest BCUT2D eigenvalue weighted by atomic mass is 10.2. The Bertz CT molecular complexity index is 376. The number of aliphatic carboxylic acids is 1. The molecule has 0 aliphatic rings. The van der Waals surface area contributed by atoms with Crippen LogP contribution in [-0.4, -0.2) is 32.1 Å². The predicted octanol–water partition coefficient (Wildman–Crippen LogP) is -0.483. The predicted molar refractivity (Wildman–Crippen MR) is 57.3 cm³/mol. The molecule has 5 N–H and O–H groups in total. The number of imidazole rings is 1. The maximum Gasteiger partial charge on any atom is 0.320 e. The molecule has 1 heterocycles. The number of nitrogens with two attached hydrogens (primary N) is 1. The minimum atomic E-state index is -1.06. The monoisotopic (exact) mass is 227 g/mol. The highest BCUT2D eigenvalue weighted by atomic mass is 32.1. The highest BCUT2D eigenvalue weighted by Gasteiger charge is 2.14. The van der Waals surface area contributed by atoms with Gasteiger partial charge in [-0.3, -0.25) is 10.5 Å². The van der Waals surface area contributed by atoms with Crippen LogP contribution < -0.4 is 11.5 Å². The summed E-state index contributed by atoms with van der Waals surface area (Å²) in [5, 5.41) is 8.58. The summed E-state index contributed by atoms with van der Waals surface area (Å²) >= 11 is 4.60. The summed E-state index contributed by atoms with van der Waals surface area (Å²) in [5.74, 6) is -0.502. The quantitative estimate of drug-likeness (QED) is 0.587. The first-order chi connectivity index (χ1) is 6.99. The molecule has 1 radical (unpaired) electrons. The van der Waals surface area contributed by atoms with Crippen molar-refractivity contribution in [1.29, 1.82) is 0 Å². The highest BCUT2D eigenvalue weighted by molar-refractivity contribution is 7.80. The molecule has 7 heteroatoms. The van der Waals surface area contributed by atoms with Gasteiger partial charge in [0.1, 0.15) is 16.9 Å². The number of carboxylic acid groups (broad SMARTS) is 1. The van der Waals surface area contributed by atoms with Gasteiger partial charge in [-0.2, -0.15) is 0 Å². The van der Waals surface area contributed by atoms with E-state index in [1.165, 1.54) is 0 Å².